The molecule has 2 atom stereocenters. The Morgan fingerprint density at radius 2 is 1.96 bits per heavy atom. The van der Waals surface area contributed by atoms with E-state index >= 15 is 0 Å². The van der Waals surface area contributed by atoms with E-state index in [1.165, 1.54) is 18.5 Å². The summed E-state index contributed by atoms with van der Waals surface area (Å²) in [7, 11) is 0. The number of nitrogens with two attached hydrogens (primary N) is 1. The second kappa shape index (κ2) is 7.03. The van der Waals surface area contributed by atoms with E-state index in [9.17, 15) is 8.78 Å². The first-order chi connectivity index (χ1) is 13.4. The number of hydrogen-bond acceptors (Lipinski definition) is 4. The lowest BCUT2D eigenvalue weighted by atomic mass is 9.91. The van der Waals surface area contributed by atoms with Crippen LogP contribution < -0.4 is 5.73 Å². The first-order valence-corrected chi connectivity index (χ1v) is 8.95. The van der Waals surface area contributed by atoms with E-state index < -0.39 is 11.6 Å². The van der Waals surface area contributed by atoms with Crippen LogP contribution in [0.2, 0.25) is 0 Å². The van der Waals surface area contributed by atoms with Gasteiger partial charge in [-0.15, -0.1) is 0 Å². The van der Waals surface area contributed by atoms with Crippen LogP contribution >= 0.6 is 0 Å². The minimum Gasteiger partial charge on any atom is -0.399 e. The Labute approximate surface area is 160 Å². The number of hydrogen-bond donors (Lipinski definition) is 1. The van der Waals surface area contributed by atoms with E-state index in [1.54, 1.807) is 11.0 Å². The van der Waals surface area contributed by atoms with Crippen LogP contribution in [0, 0.1) is 18.6 Å². The number of nitrogen functional groups attached to an aromatic ring is 1. The highest BCUT2D eigenvalue weighted by Gasteiger charge is 2.27. The Bertz CT molecular complexity index is 1120. The van der Waals surface area contributed by atoms with Crippen LogP contribution in [0.15, 0.2) is 49.1 Å². The lowest BCUT2D eigenvalue weighted by Crippen LogP contribution is -2.22. The molecule has 2 N–H and O–H groups in total. The maximum Gasteiger partial charge on any atom is 0.137 e. The Kier molecular flexibility index (Phi) is 4.54. The van der Waals surface area contributed by atoms with Crippen molar-refractivity contribution in [2.75, 3.05) is 5.73 Å². The minimum atomic E-state index is -0.607. The molecule has 0 aliphatic carbocycles. The summed E-state index contributed by atoms with van der Waals surface area (Å²) in [5.74, 6) is -1.54. The topological polar surface area (TPSA) is 74.5 Å². The number of halogens is 2. The molecule has 0 saturated carbocycles. The summed E-state index contributed by atoms with van der Waals surface area (Å²) in [6.07, 6.45) is 3.01. The van der Waals surface area contributed by atoms with Crippen LogP contribution in [0.4, 0.5) is 14.5 Å². The van der Waals surface area contributed by atoms with Crippen molar-refractivity contribution in [2.45, 2.75) is 32.4 Å². The summed E-state index contributed by atoms with van der Waals surface area (Å²) in [6.45, 7) is 4.25. The van der Waals surface area contributed by atoms with Crippen molar-refractivity contribution >= 4 is 16.6 Å². The van der Waals surface area contributed by atoms with E-state index in [-0.39, 0.29) is 12.0 Å². The van der Waals surface area contributed by atoms with Gasteiger partial charge in [0.1, 0.15) is 24.3 Å². The molecule has 0 aliphatic rings. The summed E-state index contributed by atoms with van der Waals surface area (Å²) >= 11 is 0. The highest BCUT2D eigenvalue weighted by Crippen LogP contribution is 2.35. The summed E-state index contributed by atoms with van der Waals surface area (Å²) in [5, 5.41) is 9.77. The molecule has 2 aromatic heterocycles. The maximum atomic E-state index is 14.6. The van der Waals surface area contributed by atoms with Crippen molar-refractivity contribution in [2.24, 2.45) is 0 Å². The number of aromatic nitrogens is 5. The van der Waals surface area contributed by atoms with Gasteiger partial charge >= 0.3 is 0 Å². The first-order valence-electron chi connectivity index (χ1n) is 8.95. The fourth-order valence-electron chi connectivity index (χ4n) is 3.63. The molecule has 0 bridgehead atoms. The van der Waals surface area contributed by atoms with E-state index in [1.807, 2.05) is 36.7 Å². The van der Waals surface area contributed by atoms with Gasteiger partial charge in [0.05, 0.1) is 23.8 Å². The average molecular weight is 382 g/mol. The van der Waals surface area contributed by atoms with Gasteiger partial charge in [0, 0.05) is 23.1 Å². The highest BCUT2D eigenvalue weighted by atomic mass is 19.1. The molecule has 28 heavy (non-hydrogen) atoms. The number of nitrogens with zero attached hydrogens (tertiary/aromatic N) is 5. The molecule has 4 rings (SSSR count). The van der Waals surface area contributed by atoms with Crippen molar-refractivity contribution in [3.8, 4) is 0 Å². The molecular formula is C20H20F2N6. The molecule has 8 heteroatoms. The van der Waals surface area contributed by atoms with E-state index in [0.29, 0.717) is 17.8 Å². The summed E-state index contributed by atoms with van der Waals surface area (Å²) in [5.41, 5.74) is 8.72. The number of benzene rings is 2. The Balaban J connectivity index is 1.82. The molecule has 0 radical (unpaired) electrons. The molecule has 6 nitrogen and oxygen atoms in total. The lowest BCUT2D eigenvalue weighted by molar-refractivity contribution is 0.356. The Hall–Kier alpha value is -3.29. The van der Waals surface area contributed by atoms with Gasteiger partial charge in [0.25, 0.3) is 0 Å². The summed E-state index contributed by atoms with van der Waals surface area (Å²) in [6, 6.07) is 9.04. The molecule has 0 fully saturated rings. The molecule has 4 aromatic rings. The van der Waals surface area contributed by atoms with Crippen molar-refractivity contribution < 1.29 is 8.78 Å². The van der Waals surface area contributed by atoms with Crippen molar-refractivity contribution in [1.82, 2.24) is 24.5 Å². The predicted molar refractivity (Wildman–Crippen MR) is 103 cm³/mol. The molecule has 0 spiro atoms. The minimum absolute atomic E-state index is 0.232. The highest BCUT2D eigenvalue weighted by molar-refractivity contribution is 5.85. The van der Waals surface area contributed by atoms with Gasteiger partial charge in [0.2, 0.25) is 0 Å². The smallest absolute Gasteiger partial charge is 0.137 e. The fraction of sp³-hybridized carbons (Fsp3) is 0.250. The zero-order valence-electron chi connectivity index (χ0n) is 15.5. The van der Waals surface area contributed by atoms with Crippen LogP contribution in [0.1, 0.15) is 30.1 Å². The van der Waals surface area contributed by atoms with E-state index in [2.05, 4.69) is 15.2 Å². The van der Waals surface area contributed by atoms with Crippen LogP contribution in [-0.4, -0.2) is 24.5 Å². The molecule has 0 amide bonds. The third kappa shape index (κ3) is 3.21. The van der Waals surface area contributed by atoms with Gasteiger partial charge in [-0.2, -0.15) is 10.2 Å². The summed E-state index contributed by atoms with van der Waals surface area (Å²) in [4.78, 5) is 3.96. The van der Waals surface area contributed by atoms with Crippen LogP contribution in [0.25, 0.3) is 10.9 Å². The molecular weight excluding hydrogens is 362 g/mol. The Morgan fingerprint density at radius 3 is 2.68 bits per heavy atom. The molecule has 0 aliphatic heterocycles. The van der Waals surface area contributed by atoms with Crippen molar-refractivity contribution in [3.05, 3.63) is 71.9 Å². The maximum absolute atomic E-state index is 14.6. The van der Waals surface area contributed by atoms with Gasteiger partial charge in [-0.25, -0.2) is 13.8 Å². The third-order valence-corrected chi connectivity index (χ3v) is 5.10. The zero-order valence-corrected chi connectivity index (χ0v) is 15.5. The average Bonchev–Trinajstić information content (AvgIpc) is 3.28. The second-order valence-electron chi connectivity index (χ2n) is 6.94. The van der Waals surface area contributed by atoms with E-state index in [4.69, 9.17) is 5.73 Å². The standard InChI is InChI=1S/C20H20F2N6/c1-12-17-8-15(23)4-6-20(17)28(26-12)13(2)18(9-27-11-24-10-25-27)16-5-3-14(21)7-19(16)22/h3-8,10-11,13,18H,9,23H2,1-2H3/t13-,18-/m1/s1. The number of fused-ring (bicyclic) bond motifs is 1. The Morgan fingerprint density at radius 1 is 1.14 bits per heavy atom. The van der Waals surface area contributed by atoms with Crippen LogP contribution in [0.5, 0.6) is 0 Å². The largest absolute Gasteiger partial charge is 0.399 e. The monoisotopic (exact) mass is 382 g/mol. The molecule has 0 unspecified atom stereocenters. The lowest BCUT2D eigenvalue weighted by Gasteiger charge is -2.26. The predicted octanol–water partition coefficient (Wildman–Crippen LogP) is 3.84. The van der Waals surface area contributed by atoms with Crippen molar-refractivity contribution in [1.29, 1.82) is 0 Å². The molecule has 2 heterocycles. The zero-order chi connectivity index (χ0) is 19.8. The van der Waals surface area contributed by atoms with Crippen molar-refractivity contribution in [3.63, 3.8) is 0 Å². The fourth-order valence-corrected chi connectivity index (χ4v) is 3.63. The number of anilines is 1. The van der Waals surface area contributed by atoms with Crippen LogP contribution in [-0.2, 0) is 6.54 Å². The quantitative estimate of drug-likeness (QED) is 0.532. The first kappa shape index (κ1) is 18.1. The van der Waals surface area contributed by atoms with Gasteiger partial charge in [-0.3, -0.25) is 9.36 Å². The third-order valence-electron chi connectivity index (χ3n) is 5.10. The molecule has 2 aromatic carbocycles. The summed E-state index contributed by atoms with van der Waals surface area (Å²) < 4.78 is 31.6. The normalized spacial score (nSPS) is 13.7. The van der Waals surface area contributed by atoms with Gasteiger partial charge < -0.3 is 5.73 Å². The van der Waals surface area contributed by atoms with Gasteiger partial charge in [-0.05, 0) is 43.7 Å². The van der Waals surface area contributed by atoms with Gasteiger partial charge in [0.15, 0.2) is 0 Å². The molecule has 0 saturated heterocycles. The number of aryl methyl sites for hydroxylation is 1. The SMILES string of the molecule is Cc1nn([C@H](C)[C@@H](Cn2cncn2)c2ccc(F)cc2F)c2ccc(N)cc12. The second-order valence-corrected chi connectivity index (χ2v) is 6.94. The number of rotatable bonds is 5. The molecule has 144 valence electrons. The van der Waals surface area contributed by atoms with Gasteiger partial charge in [-0.1, -0.05) is 6.07 Å². The van der Waals surface area contributed by atoms with Crippen LogP contribution in [0.3, 0.4) is 0 Å². The van der Waals surface area contributed by atoms with E-state index in [0.717, 1.165) is 22.7 Å².